The second-order valence-corrected chi connectivity index (χ2v) is 6.85. The van der Waals surface area contributed by atoms with E-state index in [0.717, 1.165) is 12.8 Å². The molecule has 0 fully saturated rings. The first-order valence-electron chi connectivity index (χ1n) is 7.30. The Hall–Kier alpha value is -0.940. The number of likely N-dealkylation sites (N-methyl/N-ethyl adjacent to an activating group) is 1. The van der Waals surface area contributed by atoms with Gasteiger partial charge in [-0.3, -0.25) is 0 Å². The van der Waals surface area contributed by atoms with Crippen molar-refractivity contribution in [2.75, 3.05) is 14.2 Å². The molecule has 1 aromatic heterocycles. The van der Waals surface area contributed by atoms with Crippen LogP contribution >= 0.6 is 0 Å². The molecular weight excluding hydrogens is 254 g/mol. The largest absolute Gasteiger partial charge is 0.373 e. The second kappa shape index (κ2) is 7.18. The van der Waals surface area contributed by atoms with E-state index in [4.69, 9.17) is 9.26 Å². The minimum atomic E-state index is -0.155. The monoisotopic (exact) mass is 283 g/mol. The van der Waals surface area contributed by atoms with Crippen LogP contribution in [0.5, 0.6) is 0 Å². The summed E-state index contributed by atoms with van der Waals surface area (Å²) in [6.07, 6.45) is 1.68. The van der Waals surface area contributed by atoms with Gasteiger partial charge in [-0.25, -0.2) is 0 Å². The van der Waals surface area contributed by atoms with Crippen molar-refractivity contribution in [3.05, 3.63) is 11.7 Å². The van der Waals surface area contributed by atoms with Gasteiger partial charge in [0.2, 0.25) is 11.7 Å². The highest BCUT2D eigenvalue weighted by Gasteiger charge is 2.30. The molecule has 20 heavy (non-hydrogen) atoms. The van der Waals surface area contributed by atoms with Crippen molar-refractivity contribution in [3.63, 3.8) is 0 Å². The first-order valence-corrected chi connectivity index (χ1v) is 7.30. The molecule has 0 spiro atoms. The number of nitrogens with zero attached hydrogens (tertiary/aromatic N) is 2. The molecule has 0 aromatic carbocycles. The van der Waals surface area contributed by atoms with E-state index in [9.17, 15) is 0 Å². The predicted molar refractivity (Wildman–Crippen MR) is 79.5 cm³/mol. The number of rotatable bonds is 7. The maximum atomic E-state index is 5.51. The minimum Gasteiger partial charge on any atom is -0.373 e. The standard InChI is InChI=1S/C15H29N3O2/c1-10(2)8-11(16-6)9-12-17-14(18-20-12)13(19-7)15(3,4)5/h10-11,13,16H,8-9H2,1-7H3. The van der Waals surface area contributed by atoms with E-state index in [2.05, 4.69) is 50.1 Å². The van der Waals surface area contributed by atoms with E-state index in [1.807, 2.05) is 7.05 Å². The average Bonchev–Trinajstić information content (AvgIpc) is 2.74. The summed E-state index contributed by atoms with van der Waals surface area (Å²) in [5, 5.41) is 7.39. The lowest BCUT2D eigenvalue weighted by molar-refractivity contribution is 0.00718. The van der Waals surface area contributed by atoms with Gasteiger partial charge in [0.25, 0.3) is 0 Å². The Kier molecular flexibility index (Phi) is 6.14. The zero-order valence-corrected chi connectivity index (χ0v) is 13.9. The minimum absolute atomic E-state index is 0.0593. The highest BCUT2D eigenvalue weighted by atomic mass is 16.5. The van der Waals surface area contributed by atoms with Gasteiger partial charge < -0.3 is 14.6 Å². The van der Waals surface area contributed by atoms with E-state index in [1.54, 1.807) is 7.11 Å². The number of nitrogens with one attached hydrogen (secondary N) is 1. The van der Waals surface area contributed by atoms with E-state index >= 15 is 0 Å². The average molecular weight is 283 g/mol. The Morgan fingerprint density at radius 3 is 2.40 bits per heavy atom. The molecule has 1 rings (SSSR count). The molecule has 1 aromatic rings. The Morgan fingerprint density at radius 2 is 1.95 bits per heavy atom. The highest BCUT2D eigenvalue weighted by Crippen LogP contribution is 2.33. The van der Waals surface area contributed by atoms with Crippen molar-refractivity contribution in [1.29, 1.82) is 0 Å². The number of aromatic nitrogens is 2. The van der Waals surface area contributed by atoms with Crippen LogP contribution in [0.4, 0.5) is 0 Å². The van der Waals surface area contributed by atoms with E-state index in [1.165, 1.54) is 0 Å². The summed E-state index contributed by atoms with van der Waals surface area (Å²) in [6.45, 7) is 10.7. The summed E-state index contributed by atoms with van der Waals surface area (Å²) in [5.41, 5.74) is -0.0593. The van der Waals surface area contributed by atoms with Crippen LogP contribution in [0.2, 0.25) is 0 Å². The van der Waals surface area contributed by atoms with Crippen molar-refractivity contribution in [1.82, 2.24) is 15.5 Å². The SMILES string of the molecule is CNC(Cc1nc(C(OC)C(C)(C)C)no1)CC(C)C. The molecule has 0 aliphatic carbocycles. The lowest BCUT2D eigenvalue weighted by atomic mass is 9.88. The molecule has 0 amide bonds. The fourth-order valence-corrected chi connectivity index (χ4v) is 2.39. The fourth-order valence-electron chi connectivity index (χ4n) is 2.39. The lowest BCUT2D eigenvalue weighted by Gasteiger charge is -2.26. The molecule has 0 saturated heterocycles. The molecule has 1 heterocycles. The van der Waals surface area contributed by atoms with Crippen molar-refractivity contribution < 1.29 is 9.26 Å². The second-order valence-electron chi connectivity index (χ2n) is 6.85. The third-order valence-electron chi connectivity index (χ3n) is 3.33. The normalized spacial score (nSPS) is 15.6. The molecule has 2 atom stereocenters. The highest BCUT2D eigenvalue weighted by molar-refractivity contribution is 4.97. The summed E-state index contributed by atoms with van der Waals surface area (Å²) in [5.74, 6) is 1.94. The Balaban J connectivity index is 2.76. The van der Waals surface area contributed by atoms with E-state index < -0.39 is 0 Å². The van der Waals surface area contributed by atoms with Crippen molar-refractivity contribution in [2.24, 2.45) is 11.3 Å². The third kappa shape index (κ3) is 4.87. The summed E-state index contributed by atoms with van der Waals surface area (Å²) in [4.78, 5) is 4.50. The van der Waals surface area contributed by atoms with Crippen LogP contribution in [0.3, 0.4) is 0 Å². The topological polar surface area (TPSA) is 60.2 Å². The summed E-state index contributed by atoms with van der Waals surface area (Å²) in [6, 6.07) is 0.360. The summed E-state index contributed by atoms with van der Waals surface area (Å²) >= 11 is 0. The van der Waals surface area contributed by atoms with Crippen LogP contribution in [0, 0.1) is 11.3 Å². The zero-order chi connectivity index (χ0) is 15.3. The van der Waals surface area contributed by atoms with Gasteiger partial charge in [0.05, 0.1) is 0 Å². The Labute approximate surface area is 122 Å². The smallest absolute Gasteiger partial charge is 0.228 e. The predicted octanol–water partition coefficient (Wildman–Crippen LogP) is 2.98. The van der Waals surface area contributed by atoms with Crippen LogP contribution in [0.15, 0.2) is 4.52 Å². The van der Waals surface area contributed by atoms with Gasteiger partial charge in [-0.2, -0.15) is 4.98 Å². The van der Waals surface area contributed by atoms with Crippen molar-refractivity contribution in [3.8, 4) is 0 Å². The van der Waals surface area contributed by atoms with Gasteiger partial charge >= 0.3 is 0 Å². The Morgan fingerprint density at radius 1 is 1.30 bits per heavy atom. The maximum absolute atomic E-state index is 5.51. The molecule has 5 heteroatoms. The number of ether oxygens (including phenoxy) is 1. The molecule has 5 nitrogen and oxygen atoms in total. The van der Waals surface area contributed by atoms with Crippen LogP contribution < -0.4 is 5.32 Å². The van der Waals surface area contributed by atoms with Gasteiger partial charge in [-0.15, -0.1) is 0 Å². The molecule has 116 valence electrons. The molecule has 1 N–H and O–H groups in total. The Bertz CT molecular complexity index is 396. The molecule has 0 radical (unpaired) electrons. The van der Waals surface area contributed by atoms with Crippen molar-refractivity contribution >= 4 is 0 Å². The van der Waals surface area contributed by atoms with Crippen LogP contribution in [0.1, 0.15) is 58.9 Å². The van der Waals surface area contributed by atoms with Crippen LogP contribution in [-0.4, -0.2) is 30.3 Å². The number of methoxy groups -OCH3 is 1. The summed E-state index contributed by atoms with van der Waals surface area (Å²) < 4.78 is 10.9. The lowest BCUT2D eigenvalue weighted by Crippen LogP contribution is -2.29. The fraction of sp³-hybridized carbons (Fsp3) is 0.867. The molecule has 0 bridgehead atoms. The zero-order valence-electron chi connectivity index (χ0n) is 13.9. The van der Waals surface area contributed by atoms with Crippen LogP contribution in [0.25, 0.3) is 0 Å². The first kappa shape index (κ1) is 17.1. The maximum Gasteiger partial charge on any atom is 0.228 e. The van der Waals surface area contributed by atoms with Gasteiger partial charge in [0.15, 0.2) is 0 Å². The molecular formula is C15H29N3O2. The van der Waals surface area contributed by atoms with E-state index in [-0.39, 0.29) is 11.5 Å². The van der Waals surface area contributed by atoms with Crippen LogP contribution in [-0.2, 0) is 11.2 Å². The van der Waals surface area contributed by atoms with Gasteiger partial charge in [0.1, 0.15) is 6.10 Å². The summed E-state index contributed by atoms with van der Waals surface area (Å²) in [7, 11) is 3.65. The molecule has 0 saturated carbocycles. The first-order chi connectivity index (χ1) is 9.27. The van der Waals surface area contributed by atoms with Gasteiger partial charge in [-0.1, -0.05) is 39.8 Å². The number of hydrogen-bond donors (Lipinski definition) is 1. The third-order valence-corrected chi connectivity index (χ3v) is 3.33. The molecule has 0 aliphatic heterocycles. The van der Waals surface area contributed by atoms with Gasteiger partial charge in [0, 0.05) is 19.6 Å². The number of hydrogen-bond acceptors (Lipinski definition) is 5. The quantitative estimate of drug-likeness (QED) is 0.833. The van der Waals surface area contributed by atoms with Crippen molar-refractivity contribution in [2.45, 2.75) is 59.6 Å². The van der Waals surface area contributed by atoms with Gasteiger partial charge in [-0.05, 0) is 24.8 Å². The van der Waals surface area contributed by atoms with E-state index in [0.29, 0.717) is 23.7 Å². The molecule has 2 unspecified atom stereocenters. The molecule has 0 aliphatic rings.